The van der Waals surface area contributed by atoms with Crippen LogP contribution in [-0.2, 0) is 0 Å². The van der Waals surface area contributed by atoms with Gasteiger partial charge in [0.1, 0.15) is 11.6 Å². The van der Waals surface area contributed by atoms with Gasteiger partial charge in [0.15, 0.2) is 5.13 Å². The summed E-state index contributed by atoms with van der Waals surface area (Å²) in [4.78, 5) is 4.42. The normalized spacial score (nSPS) is 10.9. The fourth-order valence-corrected chi connectivity index (χ4v) is 2.80. The lowest BCUT2D eigenvalue weighted by molar-refractivity contribution is 0.586. The third-order valence-corrected chi connectivity index (χ3v) is 3.73. The Hall–Kier alpha value is -2.01. The molecule has 2 aromatic carbocycles. The van der Waals surface area contributed by atoms with Crippen molar-refractivity contribution in [2.24, 2.45) is 0 Å². The van der Waals surface area contributed by atoms with Crippen LogP contribution in [0.25, 0.3) is 10.2 Å². The number of hydrogen-bond acceptors (Lipinski definition) is 3. The molecule has 3 rings (SSSR count). The summed E-state index contributed by atoms with van der Waals surface area (Å²) in [6, 6.07) is 9.32. The van der Waals surface area contributed by atoms with Crippen LogP contribution in [0.4, 0.5) is 19.6 Å². The summed E-state index contributed by atoms with van der Waals surface area (Å²) < 4.78 is 27.4. The van der Waals surface area contributed by atoms with Crippen molar-refractivity contribution in [2.75, 3.05) is 5.32 Å². The van der Waals surface area contributed by atoms with Crippen LogP contribution in [0.1, 0.15) is 5.56 Å². The van der Waals surface area contributed by atoms with Gasteiger partial charge < -0.3 is 5.32 Å². The summed E-state index contributed by atoms with van der Waals surface area (Å²) in [6.07, 6.45) is 0. The van der Waals surface area contributed by atoms with Crippen LogP contribution in [0.3, 0.4) is 0 Å². The van der Waals surface area contributed by atoms with Crippen molar-refractivity contribution in [1.29, 1.82) is 0 Å². The third kappa shape index (κ3) is 2.29. The summed E-state index contributed by atoms with van der Waals surface area (Å²) in [5.41, 5.74) is 2.19. The highest BCUT2D eigenvalue weighted by molar-refractivity contribution is 7.22. The molecule has 0 spiro atoms. The van der Waals surface area contributed by atoms with Crippen LogP contribution < -0.4 is 5.32 Å². The van der Waals surface area contributed by atoms with Crippen molar-refractivity contribution in [2.45, 2.75) is 6.92 Å². The predicted octanol–water partition coefficient (Wildman–Crippen LogP) is 4.63. The zero-order valence-electron chi connectivity index (χ0n) is 10.1. The Morgan fingerprint density at radius 1 is 1.16 bits per heavy atom. The molecule has 0 saturated carbocycles. The van der Waals surface area contributed by atoms with E-state index in [1.807, 2.05) is 25.1 Å². The van der Waals surface area contributed by atoms with Crippen molar-refractivity contribution in [1.82, 2.24) is 4.98 Å². The molecule has 0 amide bonds. The molecule has 2 nitrogen and oxygen atoms in total. The van der Waals surface area contributed by atoms with Gasteiger partial charge in [0.2, 0.25) is 0 Å². The number of hydrogen-bond donors (Lipinski definition) is 1. The number of para-hydroxylation sites is 1. The van der Waals surface area contributed by atoms with Crippen molar-refractivity contribution in [3.05, 3.63) is 53.6 Å². The van der Waals surface area contributed by atoms with E-state index in [0.29, 0.717) is 5.13 Å². The topological polar surface area (TPSA) is 24.9 Å². The lowest BCUT2D eigenvalue weighted by atomic mass is 10.2. The molecule has 0 bridgehead atoms. The molecule has 1 heterocycles. The number of thiazole rings is 1. The van der Waals surface area contributed by atoms with E-state index in [-0.39, 0.29) is 5.69 Å². The number of nitrogens with zero attached hydrogens (tertiary/aromatic N) is 1. The summed E-state index contributed by atoms with van der Waals surface area (Å²) in [5, 5.41) is 3.47. The molecule has 0 aliphatic heterocycles. The van der Waals surface area contributed by atoms with E-state index in [0.717, 1.165) is 21.8 Å². The standard InChI is InChI=1S/C14H10F2N2S/c1-8-3-2-4-12-13(8)18-14(19-12)17-11-6-5-9(15)7-10(11)16/h2-7H,1H3,(H,17,18). The van der Waals surface area contributed by atoms with E-state index < -0.39 is 11.6 Å². The number of halogens is 2. The van der Waals surface area contributed by atoms with Gasteiger partial charge in [0, 0.05) is 6.07 Å². The second-order valence-electron chi connectivity index (χ2n) is 4.19. The zero-order valence-corrected chi connectivity index (χ0v) is 10.9. The van der Waals surface area contributed by atoms with Crippen LogP contribution in [0.15, 0.2) is 36.4 Å². The van der Waals surface area contributed by atoms with Crippen LogP contribution >= 0.6 is 11.3 Å². The summed E-state index contributed by atoms with van der Waals surface area (Å²) in [7, 11) is 0. The quantitative estimate of drug-likeness (QED) is 0.738. The molecule has 1 aromatic heterocycles. The maximum Gasteiger partial charge on any atom is 0.188 e. The number of aromatic nitrogens is 1. The Balaban J connectivity index is 1.99. The molecule has 19 heavy (non-hydrogen) atoms. The van der Waals surface area contributed by atoms with E-state index in [4.69, 9.17) is 0 Å². The van der Waals surface area contributed by atoms with E-state index in [2.05, 4.69) is 10.3 Å². The number of fused-ring (bicyclic) bond motifs is 1. The van der Waals surface area contributed by atoms with Gasteiger partial charge in [-0.15, -0.1) is 0 Å². The van der Waals surface area contributed by atoms with Gasteiger partial charge in [-0.2, -0.15) is 0 Å². The molecular weight excluding hydrogens is 266 g/mol. The fourth-order valence-electron chi connectivity index (χ4n) is 1.85. The molecule has 0 unspecified atom stereocenters. The maximum absolute atomic E-state index is 13.5. The first kappa shape index (κ1) is 12.0. The second kappa shape index (κ2) is 4.59. The van der Waals surface area contributed by atoms with E-state index in [1.54, 1.807) is 0 Å². The second-order valence-corrected chi connectivity index (χ2v) is 5.22. The summed E-state index contributed by atoms with van der Waals surface area (Å²) in [6.45, 7) is 1.98. The van der Waals surface area contributed by atoms with Crippen LogP contribution in [-0.4, -0.2) is 4.98 Å². The van der Waals surface area contributed by atoms with Crippen molar-refractivity contribution >= 4 is 32.4 Å². The highest BCUT2D eigenvalue weighted by Gasteiger charge is 2.08. The molecule has 0 saturated heterocycles. The maximum atomic E-state index is 13.5. The van der Waals surface area contributed by atoms with Crippen molar-refractivity contribution < 1.29 is 8.78 Å². The highest BCUT2D eigenvalue weighted by Crippen LogP contribution is 2.30. The molecule has 3 aromatic rings. The van der Waals surface area contributed by atoms with Crippen LogP contribution in [0, 0.1) is 18.6 Å². The smallest absolute Gasteiger partial charge is 0.188 e. The molecular formula is C14H10F2N2S. The molecule has 5 heteroatoms. The van der Waals surface area contributed by atoms with Gasteiger partial charge in [-0.05, 0) is 30.7 Å². The predicted molar refractivity (Wildman–Crippen MR) is 74.0 cm³/mol. The first-order valence-electron chi connectivity index (χ1n) is 5.72. The average molecular weight is 276 g/mol. The van der Waals surface area contributed by atoms with E-state index >= 15 is 0 Å². The van der Waals surface area contributed by atoms with Gasteiger partial charge in [-0.25, -0.2) is 13.8 Å². The third-order valence-electron chi connectivity index (χ3n) is 2.79. The Morgan fingerprint density at radius 2 is 2.00 bits per heavy atom. The number of aryl methyl sites for hydroxylation is 1. The molecule has 0 atom stereocenters. The minimum absolute atomic E-state index is 0.220. The summed E-state index contributed by atoms with van der Waals surface area (Å²) >= 11 is 1.44. The summed E-state index contributed by atoms with van der Waals surface area (Å²) in [5.74, 6) is -1.22. The van der Waals surface area contributed by atoms with Gasteiger partial charge >= 0.3 is 0 Å². The number of nitrogens with one attached hydrogen (secondary N) is 1. The number of benzene rings is 2. The molecule has 0 fully saturated rings. The lowest BCUT2D eigenvalue weighted by Crippen LogP contribution is -1.93. The van der Waals surface area contributed by atoms with Gasteiger partial charge in [0.25, 0.3) is 0 Å². The monoisotopic (exact) mass is 276 g/mol. The molecule has 96 valence electrons. The molecule has 0 radical (unpaired) electrons. The van der Waals surface area contributed by atoms with E-state index in [1.165, 1.54) is 23.5 Å². The zero-order chi connectivity index (χ0) is 13.4. The lowest BCUT2D eigenvalue weighted by Gasteiger charge is -2.03. The Bertz CT molecular complexity index is 752. The fraction of sp³-hybridized carbons (Fsp3) is 0.0714. The van der Waals surface area contributed by atoms with Gasteiger partial charge in [0.05, 0.1) is 15.9 Å². The first-order valence-corrected chi connectivity index (χ1v) is 6.53. The highest BCUT2D eigenvalue weighted by atomic mass is 32.1. The van der Waals surface area contributed by atoms with Gasteiger partial charge in [-0.1, -0.05) is 23.5 Å². The molecule has 0 aliphatic rings. The molecule has 0 aliphatic carbocycles. The Labute approximate surface area is 112 Å². The Morgan fingerprint density at radius 3 is 2.74 bits per heavy atom. The minimum atomic E-state index is -0.629. The SMILES string of the molecule is Cc1cccc2sc(Nc3ccc(F)cc3F)nc12. The van der Waals surface area contributed by atoms with Crippen LogP contribution in [0.5, 0.6) is 0 Å². The van der Waals surface area contributed by atoms with E-state index in [9.17, 15) is 8.78 Å². The number of anilines is 2. The Kier molecular flexibility index (Phi) is 2.91. The first-order chi connectivity index (χ1) is 9.13. The minimum Gasteiger partial charge on any atom is -0.329 e. The average Bonchev–Trinajstić information content (AvgIpc) is 2.77. The largest absolute Gasteiger partial charge is 0.329 e. The number of rotatable bonds is 2. The molecule has 1 N–H and O–H groups in total. The van der Waals surface area contributed by atoms with Crippen molar-refractivity contribution in [3.8, 4) is 0 Å². The van der Waals surface area contributed by atoms with Crippen LogP contribution in [0.2, 0.25) is 0 Å². The van der Waals surface area contributed by atoms with Crippen molar-refractivity contribution in [3.63, 3.8) is 0 Å². The van der Waals surface area contributed by atoms with Gasteiger partial charge in [-0.3, -0.25) is 0 Å².